The molecule has 0 aromatic rings. The third kappa shape index (κ3) is 3.67. The zero-order chi connectivity index (χ0) is 11.9. The molecule has 0 aromatic heterocycles. The molecule has 0 radical (unpaired) electrons. The van der Waals surface area contributed by atoms with Crippen LogP contribution in [0.4, 0.5) is 0 Å². The molecule has 1 atom stereocenters. The number of nitrogens with one attached hydrogen (secondary N) is 1. The summed E-state index contributed by atoms with van der Waals surface area (Å²) in [6.45, 7) is 14.3. The molecule has 0 aliphatic carbocycles. The van der Waals surface area contributed by atoms with Crippen molar-refractivity contribution in [3.8, 4) is 0 Å². The van der Waals surface area contributed by atoms with Gasteiger partial charge in [0.15, 0.2) is 0 Å². The highest BCUT2D eigenvalue weighted by molar-refractivity contribution is 5.07. The van der Waals surface area contributed by atoms with Crippen molar-refractivity contribution in [3.63, 3.8) is 0 Å². The van der Waals surface area contributed by atoms with Gasteiger partial charge in [0.05, 0.1) is 0 Å². The molecule has 0 aromatic carbocycles. The summed E-state index contributed by atoms with van der Waals surface area (Å²) in [5, 5.41) is 3.42. The van der Waals surface area contributed by atoms with Crippen LogP contribution in [0.1, 0.15) is 33.6 Å². The molecule has 1 nitrogen and oxygen atoms in total. The highest BCUT2D eigenvalue weighted by Crippen LogP contribution is 2.35. The van der Waals surface area contributed by atoms with Crippen LogP contribution < -0.4 is 5.32 Å². The molecule has 86 valence electrons. The zero-order valence-corrected chi connectivity index (χ0v) is 10.6. The Morgan fingerprint density at radius 1 is 1.20 bits per heavy atom. The highest BCUT2D eigenvalue weighted by Gasteiger charge is 2.36. The number of rotatable bonds is 7. The summed E-state index contributed by atoms with van der Waals surface area (Å²) in [5.41, 5.74) is 0.171. The summed E-state index contributed by atoms with van der Waals surface area (Å²) in [4.78, 5) is 0. The van der Waals surface area contributed by atoms with Crippen LogP contribution in [0, 0.1) is 5.41 Å². The molecular weight excluding hydrogens is 182 g/mol. The van der Waals surface area contributed by atoms with Crippen molar-refractivity contribution in [3.05, 3.63) is 37.5 Å². The van der Waals surface area contributed by atoms with Gasteiger partial charge in [0, 0.05) is 11.0 Å². The topological polar surface area (TPSA) is 12.0 Å². The molecule has 0 saturated carbocycles. The molecule has 0 amide bonds. The van der Waals surface area contributed by atoms with E-state index >= 15 is 0 Å². The normalized spacial score (nSPS) is 16.3. The average molecular weight is 207 g/mol. The Morgan fingerprint density at radius 3 is 2.20 bits per heavy atom. The van der Waals surface area contributed by atoms with Crippen LogP contribution in [0.2, 0.25) is 0 Å². The van der Waals surface area contributed by atoms with Crippen molar-refractivity contribution in [2.24, 2.45) is 5.41 Å². The van der Waals surface area contributed by atoms with Crippen molar-refractivity contribution in [1.29, 1.82) is 0 Å². The lowest BCUT2D eigenvalue weighted by molar-refractivity contribution is 0.188. The van der Waals surface area contributed by atoms with E-state index in [1.165, 1.54) is 0 Å². The van der Waals surface area contributed by atoms with Gasteiger partial charge in [0.25, 0.3) is 0 Å². The molecule has 0 spiro atoms. The summed E-state index contributed by atoms with van der Waals surface area (Å²) in [5.74, 6) is 0. The average Bonchev–Trinajstić information content (AvgIpc) is 2.23. The predicted octanol–water partition coefficient (Wildman–Crippen LogP) is 3.70. The van der Waals surface area contributed by atoms with Crippen LogP contribution in [0.25, 0.3) is 0 Å². The Labute approximate surface area is 95.0 Å². The van der Waals surface area contributed by atoms with Crippen molar-refractivity contribution in [1.82, 2.24) is 5.32 Å². The molecule has 1 unspecified atom stereocenters. The molecule has 15 heavy (non-hydrogen) atoms. The monoisotopic (exact) mass is 207 g/mol. The summed E-state index contributed by atoms with van der Waals surface area (Å²) in [6.07, 6.45) is 10.1. The Hall–Kier alpha value is -0.820. The molecule has 1 heteroatoms. The van der Waals surface area contributed by atoms with Gasteiger partial charge in [-0.1, -0.05) is 44.7 Å². The van der Waals surface area contributed by atoms with E-state index in [1.54, 1.807) is 0 Å². The fourth-order valence-corrected chi connectivity index (χ4v) is 1.56. The van der Waals surface area contributed by atoms with Crippen LogP contribution in [-0.2, 0) is 0 Å². The maximum absolute atomic E-state index is 3.92. The van der Waals surface area contributed by atoms with Gasteiger partial charge in [-0.15, -0.1) is 6.58 Å². The summed E-state index contributed by atoms with van der Waals surface area (Å²) in [6, 6.07) is 0. The van der Waals surface area contributed by atoms with Gasteiger partial charge in [-0.2, -0.15) is 0 Å². The predicted molar refractivity (Wildman–Crippen MR) is 70.0 cm³/mol. The van der Waals surface area contributed by atoms with Gasteiger partial charge >= 0.3 is 0 Å². The molecule has 0 aliphatic heterocycles. The second kappa shape index (κ2) is 5.92. The largest absolute Gasteiger partial charge is 0.314 e. The van der Waals surface area contributed by atoms with E-state index in [-0.39, 0.29) is 11.0 Å². The van der Waals surface area contributed by atoms with E-state index in [2.05, 4.69) is 45.3 Å². The van der Waals surface area contributed by atoms with E-state index in [0.29, 0.717) is 0 Å². The summed E-state index contributed by atoms with van der Waals surface area (Å²) in [7, 11) is 2.02. The second-order valence-electron chi connectivity index (χ2n) is 4.71. The first-order chi connectivity index (χ1) is 6.93. The van der Waals surface area contributed by atoms with Gasteiger partial charge in [-0.25, -0.2) is 0 Å². The van der Waals surface area contributed by atoms with Gasteiger partial charge < -0.3 is 5.32 Å². The third-order valence-corrected chi connectivity index (χ3v) is 3.57. The van der Waals surface area contributed by atoms with Crippen LogP contribution in [0.5, 0.6) is 0 Å². The smallest absolute Gasteiger partial charge is 0.0238 e. The van der Waals surface area contributed by atoms with E-state index in [9.17, 15) is 0 Å². The Morgan fingerprint density at radius 2 is 1.80 bits per heavy atom. The van der Waals surface area contributed by atoms with E-state index in [1.807, 2.05) is 25.3 Å². The van der Waals surface area contributed by atoms with E-state index in [4.69, 9.17) is 0 Å². The van der Waals surface area contributed by atoms with Crippen molar-refractivity contribution >= 4 is 0 Å². The first-order valence-electron chi connectivity index (χ1n) is 5.53. The fourth-order valence-electron chi connectivity index (χ4n) is 1.56. The maximum atomic E-state index is 3.92. The second-order valence-corrected chi connectivity index (χ2v) is 4.71. The molecule has 0 heterocycles. The van der Waals surface area contributed by atoms with Crippen molar-refractivity contribution in [2.75, 3.05) is 7.05 Å². The minimum absolute atomic E-state index is 0.0836. The lowest BCUT2D eigenvalue weighted by atomic mass is 9.71. The van der Waals surface area contributed by atoms with E-state index < -0.39 is 0 Å². The third-order valence-electron chi connectivity index (χ3n) is 3.57. The van der Waals surface area contributed by atoms with Crippen LogP contribution in [0.15, 0.2) is 37.5 Å². The lowest BCUT2D eigenvalue weighted by Gasteiger charge is -2.42. The number of hydrogen-bond acceptors (Lipinski definition) is 1. The molecule has 0 aliphatic rings. The summed E-state index contributed by atoms with van der Waals surface area (Å²) < 4.78 is 0. The van der Waals surface area contributed by atoms with Gasteiger partial charge in [0.1, 0.15) is 0 Å². The number of hydrogen-bond donors (Lipinski definition) is 1. The standard InChI is InChI=1S/C14H25N/c1-7-9-10-11-12-14(5,15-6)13(3,4)8-2/h7-10,15H,1-2,11-12H2,3-6H3/b10-9-. The van der Waals surface area contributed by atoms with Crippen LogP contribution in [0.3, 0.4) is 0 Å². The highest BCUT2D eigenvalue weighted by atomic mass is 14.9. The Bertz CT molecular complexity index is 238. The fraction of sp³-hybridized carbons (Fsp3) is 0.571. The number of allylic oxidation sites excluding steroid dienone is 3. The first kappa shape index (κ1) is 14.2. The Kier molecular flexibility index (Phi) is 5.59. The Balaban J connectivity index is 4.50. The van der Waals surface area contributed by atoms with Gasteiger partial charge in [0.2, 0.25) is 0 Å². The molecule has 0 saturated heterocycles. The lowest BCUT2D eigenvalue weighted by Crippen LogP contribution is -2.51. The van der Waals surface area contributed by atoms with Crippen LogP contribution >= 0.6 is 0 Å². The molecule has 0 fully saturated rings. The van der Waals surface area contributed by atoms with Crippen molar-refractivity contribution in [2.45, 2.75) is 39.2 Å². The first-order valence-corrected chi connectivity index (χ1v) is 5.53. The zero-order valence-electron chi connectivity index (χ0n) is 10.6. The molecule has 0 bridgehead atoms. The van der Waals surface area contributed by atoms with Crippen LogP contribution in [-0.4, -0.2) is 12.6 Å². The maximum Gasteiger partial charge on any atom is 0.0238 e. The molecule has 1 N–H and O–H groups in total. The van der Waals surface area contributed by atoms with Crippen molar-refractivity contribution < 1.29 is 0 Å². The minimum Gasteiger partial charge on any atom is -0.314 e. The van der Waals surface area contributed by atoms with Gasteiger partial charge in [-0.3, -0.25) is 0 Å². The molecule has 0 rings (SSSR count). The van der Waals surface area contributed by atoms with Gasteiger partial charge in [-0.05, 0) is 26.8 Å². The SMILES string of the molecule is C=C/C=C\CCC(C)(NC)C(C)(C)C=C. The van der Waals surface area contributed by atoms with E-state index in [0.717, 1.165) is 12.8 Å². The summed E-state index contributed by atoms with van der Waals surface area (Å²) >= 11 is 0. The molecular formula is C14H25N. The minimum atomic E-state index is 0.0836. The quantitative estimate of drug-likeness (QED) is 0.496.